The molecule has 2 aromatic rings. The molecular formula is C16H15BrFNO. The van der Waals surface area contributed by atoms with Crippen molar-refractivity contribution in [1.82, 2.24) is 4.90 Å². The van der Waals surface area contributed by atoms with E-state index in [-0.39, 0.29) is 11.7 Å². The van der Waals surface area contributed by atoms with Crippen LogP contribution in [0.1, 0.15) is 21.5 Å². The Bertz CT molecular complexity index is 642. The molecule has 0 aliphatic carbocycles. The third kappa shape index (κ3) is 3.25. The lowest BCUT2D eigenvalue weighted by molar-refractivity contribution is 0.0784. The van der Waals surface area contributed by atoms with Gasteiger partial charge >= 0.3 is 0 Å². The molecule has 0 atom stereocenters. The molecule has 20 heavy (non-hydrogen) atoms. The minimum absolute atomic E-state index is 0.113. The number of hydrogen-bond donors (Lipinski definition) is 0. The monoisotopic (exact) mass is 335 g/mol. The third-order valence-corrected chi connectivity index (χ3v) is 3.90. The molecule has 104 valence electrons. The zero-order valence-corrected chi connectivity index (χ0v) is 12.9. The summed E-state index contributed by atoms with van der Waals surface area (Å²) in [6, 6.07) is 12.0. The number of nitrogens with zero attached hydrogens (tertiary/aromatic N) is 1. The van der Waals surface area contributed by atoms with Gasteiger partial charge in [-0.05, 0) is 42.3 Å². The van der Waals surface area contributed by atoms with Crippen LogP contribution in [-0.2, 0) is 6.54 Å². The number of carbonyl (C=O) groups excluding carboxylic acids is 1. The van der Waals surface area contributed by atoms with Crippen molar-refractivity contribution in [2.75, 3.05) is 7.05 Å². The van der Waals surface area contributed by atoms with Crippen molar-refractivity contribution < 1.29 is 9.18 Å². The zero-order chi connectivity index (χ0) is 14.7. The van der Waals surface area contributed by atoms with Gasteiger partial charge in [0.1, 0.15) is 5.82 Å². The molecule has 0 N–H and O–H groups in total. The van der Waals surface area contributed by atoms with Gasteiger partial charge in [0.25, 0.3) is 5.91 Å². The van der Waals surface area contributed by atoms with Gasteiger partial charge in [0.15, 0.2) is 0 Å². The Labute approximate surface area is 126 Å². The number of benzene rings is 2. The summed E-state index contributed by atoms with van der Waals surface area (Å²) >= 11 is 3.47. The van der Waals surface area contributed by atoms with Crippen molar-refractivity contribution in [2.24, 2.45) is 0 Å². The fraction of sp³-hybridized carbons (Fsp3) is 0.188. The van der Waals surface area contributed by atoms with Crippen LogP contribution < -0.4 is 0 Å². The molecule has 0 aromatic heterocycles. The minimum atomic E-state index is -0.326. The van der Waals surface area contributed by atoms with Gasteiger partial charge in [0.2, 0.25) is 0 Å². The topological polar surface area (TPSA) is 20.3 Å². The summed E-state index contributed by atoms with van der Waals surface area (Å²) in [6.45, 7) is 2.24. The maximum absolute atomic E-state index is 13.1. The molecule has 0 fully saturated rings. The number of hydrogen-bond acceptors (Lipinski definition) is 1. The zero-order valence-electron chi connectivity index (χ0n) is 11.4. The maximum atomic E-state index is 13.1. The maximum Gasteiger partial charge on any atom is 0.254 e. The first-order valence-electron chi connectivity index (χ1n) is 6.24. The quantitative estimate of drug-likeness (QED) is 0.824. The Morgan fingerprint density at radius 1 is 1.25 bits per heavy atom. The Morgan fingerprint density at radius 3 is 2.60 bits per heavy atom. The largest absolute Gasteiger partial charge is 0.337 e. The van der Waals surface area contributed by atoms with Crippen molar-refractivity contribution in [3.05, 3.63) is 69.4 Å². The van der Waals surface area contributed by atoms with E-state index < -0.39 is 0 Å². The van der Waals surface area contributed by atoms with Crippen LogP contribution in [0, 0.1) is 12.7 Å². The fourth-order valence-corrected chi connectivity index (χ4v) is 2.44. The summed E-state index contributed by atoms with van der Waals surface area (Å²) in [7, 11) is 1.74. The number of aryl methyl sites for hydroxylation is 1. The van der Waals surface area contributed by atoms with Gasteiger partial charge in [-0.2, -0.15) is 0 Å². The summed E-state index contributed by atoms with van der Waals surface area (Å²) in [5.74, 6) is -0.439. The first kappa shape index (κ1) is 14.7. The van der Waals surface area contributed by atoms with E-state index in [1.807, 2.05) is 24.3 Å². The predicted octanol–water partition coefficient (Wildman–Crippen LogP) is 4.17. The van der Waals surface area contributed by atoms with E-state index >= 15 is 0 Å². The molecule has 0 unspecified atom stereocenters. The van der Waals surface area contributed by atoms with Gasteiger partial charge in [-0.15, -0.1) is 0 Å². The van der Waals surface area contributed by atoms with Gasteiger partial charge in [0.05, 0.1) is 0 Å². The van der Waals surface area contributed by atoms with E-state index in [1.165, 1.54) is 18.2 Å². The average Bonchev–Trinajstić information content (AvgIpc) is 2.40. The van der Waals surface area contributed by atoms with Crippen molar-refractivity contribution in [3.8, 4) is 0 Å². The van der Waals surface area contributed by atoms with Crippen LogP contribution in [0.25, 0.3) is 0 Å². The molecule has 0 spiro atoms. The Kier molecular flexibility index (Phi) is 4.55. The lowest BCUT2D eigenvalue weighted by atomic mass is 10.1. The van der Waals surface area contributed by atoms with Crippen LogP contribution in [0.3, 0.4) is 0 Å². The molecule has 0 saturated carbocycles. The smallest absolute Gasteiger partial charge is 0.254 e. The SMILES string of the molecule is Cc1cc(F)ccc1C(=O)N(C)Cc1ccccc1Br. The first-order valence-corrected chi connectivity index (χ1v) is 7.03. The van der Waals surface area contributed by atoms with Crippen LogP contribution in [0.15, 0.2) is 46.9 Å². The van der Waals surface area contributed by atoms with Gasteiger partial charge < -0.3 is 4.90 Å². The second kappa shape index (κ2) is 6.18. The first-order chi connectivity index (χ1) is 9.49. The summed E-state index contributed by atoms with van der Waals surface area (Å²) in [5, 5.41) is 0. The molecule has 2 rings (SSSR count). The number of rotatable bonds is 3. The predicted molar refractivity (Wildman–Crippen MR) is 81.1 cm³/mol. The molecule has 1 amide bonds. The Balaban J connectivity index is 2.19. The second-order valence-corrected chi connectivity index (χ2v) is 5.57. The third-order valence-electron chi connectivity index (χ3n) is 3.13. The van der Waals surface area contributed by atoms with Crippen molar-refractivity contribution >= 4 is 21.8 Å². The molecule has 2 aromatic carbocycles. The highest BCUT2D eigenvalue weighted by Gasteiger charge is 2.15. The van der Waals surface area contributed by atoms with E-state index in [0.717, 1.165) is 10.0 Å². The van der Waals surface area contributed by atoms with E-state index in [2.05, 4.69) is 15.9 Å². The van der Waals surface area contributed by atoms with Crippen LogP contribution in [0.5, 0.6) is 0 Å². The van der Waals surface area contributed by atoms with E-state index in [4.69, 9.17) is 0 Å². The van der Waals surface area contributed by atoms with Crippen LogP contribution in [0.2, 0.25) is 0 Å². The fourth-order valence-electron chi connectivity index (χ4n) is 2.03. The highest BCUT2D eigenvalue weighted by atomic mass is 79.9. The molecule has 0 heterocycles. The molecule has 0 bridgehead atoms. The molecule has 0 saturated heterocycles. The minimum Gasteiger partial charge on any atom is -0.337 e. The highest BCUT2D eigenvalue weighted by Crippen LogP contribution is 2.19. The lowest BCUT2D eigenvalue weighted by Gasteiger charge is -2.19. The number of halogens is 2. The van der Waals surface area contributed by atoms with Crippen LogP contribution in [0.4, 0.5) is 4.39 Å². The Morgan fingerprint density at radius 2 is 1.95 bits per heavy atom. The number of carbonyl (C=O) groups is 1. The van der Waals surface area contributed by atoms with Gasteiger partial charge in [-0.25, -0.2) is 4.39 Å². The van der Waals surface area contributed by atoms with E-state index in [0.29, 0.717) is 17.7 Å². The van der Waals surface area contributed by atoms with Crippen LogP contribution >= 0.6 is 15.9 Å². The number of amides is 1. The Hall–Kier alpha value is -1.68. The van der Waals surface area contributed by atoms with Crippen LogP contribution in [-0.4, -0.2) is 17.9 Å². The van der Waals surface area contributed by atoms with Crippen molar-refractivity contribution in [1.29, 1.82) is 0 Å². The summed E-state index contributed by atoms with van der Waals surface area (Å²) in [5.41, 5.74) is 2.21. The molecule has 0 radical (unpaired) electrons. The molecule has 0 aliphatic rings. The summed E-state index contributed by atoms with van der Waals surface area (Å²) < 4.78 is 14.0. The summed E-state index contributed by atoms with van der Waals surface area (Å²) in [6.07, 6.45) is 0. The van der Waals surface area contributed by atoms with Crippen molar-refractivity contribution in [3.63, 3.8) is 0 Å². The average molecular weight is 336 g/mol. The molecule has 0 aliphatic heterocycles. The van der Waals surface area contributed by atoms with Gasteiger partial charge in [0, 0.05) is 23.6 Å². The molecule has 4 heteroatoms. The lowest BCUT2D eigenvalue weighted by Crippen LogP contribution is -2.27. The van der Waals surface area contributed by atoms with Gasteiger partial charge in [-0.1, -0.05) is 34.1 Å². The normalized spacial score (nSPS) is 10.4. The summed E-state index contributed by atoms with van der Waals surface area (Å²) in [4.78, 5) is 14.0. The highest BCUT2D eigenvalue weighted by molar-refractivity contribution is 9.10. The van der Waals surface area contributed by atoms with E-state index in [9.17, 15) is 9.18 Å². The standard InChI is InChI=1S/C16H15BrFNO/c1-11-9-13(18)7-8-14(11)16(20)19(2)10-12-5-3-4-6-15(12)17/h3-9H,10H2,1-2H3. The van der Waals surface area contributed by atoms with Crippen molar-refractivity contribution in [2.45, 2.75) is 13.5 Å². The van der Waals surface area contributed by atoms with E-state index in [1.54, 1.807) is 18.9 Å². The second-order valence-electron chi connectivity index (χ2n) is 4.71. The van der Waals surface area contributed by atoms with Gasteiger partial charge in [-0.3, -0.25) is 4.79 Å². The molecule has 2 nitrogen and oxygen atoms in total. The molecular weight excluding hydrogens is 321 g/mol.